The maximum atomic E-state index is 10.5. The third-order valence-corrected chi connectivity index (χ3v) is 6.78. The molecule has 1 N–H and O–H groups in total. The minimum atomic E-state index is -0.106. The Morgan fingerprint density at radius 1 is 1.23 bits per heavy atom. The van der Waals surface area contributed by atoms with E-state index in [1.165, 1.54) is 29.5 Å². The van der Waals surface area contributed by atoms with Crippen LogP contribution in [0.5, 0.6) is 5.75 Å². The molecule has 0 aliphatic heterocycles. The van der Waals surface area contributed by atoms with Gasteiger partial charge in [0.25, 0.3) is 0 Å². The highest BCUT2D eigenvalue weighted by atomic mass is 16.5. The lowest BCUT2D eigenvalue weighted by molar-refractivity contribution is -0.00803. The molecule has 4 rings (SSSR count). The van der Waals surface area contributed by atoms with Crippen molar-refractivity contribution >= 4 is 6.08 Å². The first-order valence-corrected chi connectivity index (χ1v) is 8.59. The Labute approximate surface area is 133 Å². The maximum Gasteiger partial charge on any atom is 0.119 e. The number of hydrogen-bond donors (Lipinski definition) is 1. The molecule has 118 valence electrons. The Kier molecular flexibility index (Phi) is 3.16. The summed E-state index contributed by atoms with van der Waals surface area (Å²) in [6.07, 6.45) is 9.11. The van der Waals surface area contributed by atoms with Crippen molar-refractivity contribution in [1.29, 1.82) is 0 Å². The molecule has 0 spiro atoms. The molecule has 1 aromatic rings. The van der Waals surface area contributed by atoms with Gasteiger partial charge in [-0.05, 0) is 84.6 Å². The summed E-state index contributed by atoms with van der Waals surface area (Å²) in [5, 5.41) is 10.5. The van der Waals surface area contributed by atoms with Gasteiger partial charge in [-0.15, -0.1) is 0 Å². The summed E-state index contributed by atoms with van der Waals surface area (Å²) >= 11 is 0. The maximum absolute atomic E-state index is 10.5. The molecule has 1 aromatic carbocycles. The van der Waals surface area contributed by atoms with Crippen molar-refractivity contribution in [1.82, 2.24) is 0 Å². The van der Waals surface area contributed by atoms with Gasteiger partial charge in [0, 0.05) is 0 Å². The molecule has 2 nitrogen and oxygen atoms in total. The number of hydrogen-bond acceptors (Lipinski definition) is 2. The van der Waals surface area contributed by atoms with Gasteiger partial charge in [0.05, 0.1) is 13.2 Å². The van der Waals surface area contributed by atoms with E-state index in [4.69, 9.17) is 4.74 Å². The number of ether oxygens (including phenoxy) is 1. The van der Waals surface area contributed by atoms with E-state index in [1.54, 1.807) is 7.11 Å². The van der Waals surface area contributed by atoms with Gasteiger partial charge >= 0.3 is 0 Å². The van der Waals surface area contributed by atoms with Crippen LogP contribution < -0.4 is 4.74 Å². The molecule has 0 heterocycles. The second-order valence-corrected chi connectivity index (χ2v) is 7.73. The zero-order valence-corrected chi connectivity index (χ0v) is 13.8. The first-order chi connectivity index (χ1) is 10.5. The van der Waals surface area contributed by atoms with Crippen LogP contribution in [-0.2, 0) is 0 Å². The summed E-state index contributed by atoms with van der Waals surface area (Å²) in [6, 6.07) is 4.35. The standard InChI is InChI=1S/C20H26O2/c1-12-10-14(22-3)11-13-4-5-15-16(19(12)13)8-9-20(2)17(15)6-7-18(20)21/h4-5,10-11,15-18,21H,6-9H2,1-3H3/t15-,16-,17+,18-,20+/m1/s1. The molecular weight excluding hydrogens is 272 g/mol. The summed E-state index contributed by atoms with van der Waals surface area (Å²) < 4.78 is 5.43. The number of benzene rings is 1. The van der Waals surface area contributed by atoms with Crippen LogP contribution in [0.4, 0.5) is 0 Å². The van der Waals surface area contributed by atoms with Gasteiger partial charge in [-0.25, -0.2) is 0 Å². The molecule has 0 unspecified atom stereocenters. The molecule has 3 aliphatic rings. The largest absolute Gasteiger partial charge is 0.497 e. The Morgan fingerprint density at radius 2 is 2.05 bits per heavy atom. The number of fused-ring (bicyclic) bond motifs is 5. The average molecular weight is 298 g/mol. The minimum absolute atomic E-state index is 0.106. The summed E-state index contributed by atoms with van der Waals surface area (Å²) in [7, 11) is 1.74. The van der Waals surface area contributed by atoms with E-state index in [0.717, 1.165) is 18.6 Å². The fourth-order valence-corrected chi connectivity index (χ4v) is 5.54. The Morgan fingerprint density at radius 3 is 2.82 bits per heavy atom. The van der Waals surface area contributed by atoms with Crippen molar-refractivity contribution in [2.75, 3.05) is 7.11 Å². The predicted molar refractivity (Wildman–Crippen MR) is 89.1 cm³/mol. The second kappa shape index (κ2) is 4.86. The van der Waals surface area contributed by atoms with Gasteiger partial charge in [0.2, 0.25) is 0 Å². The third-order valence-electron chi connectivity index (χ3n) is 6.78. The van der Waals surface area contributed by atoms with Crippen LogP contribution in [0.2, 0.25) is 0 Å². The predicted octanol–water partition coefficient (Wildman–Crippen LogP) is 4.30. The molecule has 0 bridgehead atoms. The number of aliphatic hydroxyl groups is 1. The van der Waals surface area contributed by atoms with E-state index in [2.05, 4.69) is 38.1 Å². The molecule has 2 heteroatoms. The molecule has 3 aliphatic carbocycles. The average Bonchev–Trinajstić information content (AvgIpc) is 2.82. The highest BCUT2D eigenvalue weighted by Gasteiger charge is 2.53. The van der Waals surface area contributed by atoms with Gasteiger partial charge in [-0.1, -0.05) is 19.1 Å². The van der Waals surface area contributed by atoms with E-state index < -0.39 is 0 Å². The molecular formula is C20H26O2. The lowest BCUT2D eigenvalue weighted by Crippen LogP contribution is -2.42. The van der Waals surface area contributed by atoms with E-state index in [0.29, 0.717) is 17.8 Å². The Hall–Kier alpha value is -1.28. The van der Waals surface area contributed by atoms with Gasteiger partial charge in [-0.3, -0.25) is 0 Å². The van der Waals surface area contributed by atoms with Crippen molar-refractivity contribution in [2.24, 2.45) is 17.3 Å². The summed E-state index contributed by atoms with van der Waals surface area (Å²) in [6.45, 7) is 4.53. The van der Waals surface area contributed by atoms with E-state index in [1.807, 2.05) is 0 Å². The van der Waals surface area contributed by atoms with E-state index >= 15 is 0 Å². The van der Waals surface area contributed by atoms with E-state index in [-0.39, 0.29) is 11.5 Å². The number of allylic oxidation sites excluding steroid dienone is 1. The Balaban J connectivity index is 1.77. The van der Waals surface area contributed by atoms with Gasteiger partial charge < -0.3 is 9.84 Å². The zero-order chi connectivity index (χ0) is 15.5. The second-order valence-electron chi connectivity index (χ2n) is 7.73. The molecule has 0 saturated heterocycles. The minimum Gasteiger partial charge on any atom is -0.497 e. The van der Waals surface area contributed by atoms with Gasteiger partial charge in [0.15, 0.2) is 0 Å². The van der Waals surface area contributed by atoms with Crippen molar-refractivity contribution in [2.45, 2.75) is 51.6 Å². The third kappa shape index (κ3) is 1.83. The fraction of sp³-hybridized carbons (Fsp3) is 0.600. The van der Waals surface area contributed by atoms with Crippen LogP contribution in [-0.4, -0.2) is 18.3 Å². The first kappa shape index (κ1) is 14.3. The van der Waals surface area contributed by atoms with Crippen LogP contribution in [0, 0.1) is 24.2 Å². The van der Waals surface area contributed by atoms with Crippen LogP contribution in [0.15, 0.2) is 18.2 Å². The number of rotatable bonds is 1. The molecule has 2 fully saturated rings. The number of methoxy groups -OCH3 is 1. The van der Waals surface area contributed by atoms with Gasteiger partial charge in [0.1, 0.15) is 5.75 Å². The van der Waals surface area contributed by atoms with E-state index in [9.17, 15) is 5.11 Å². The van der Waals surface area contributed by atoms with Crippen LogP contribution in [0.3, 0.4) is 0 Å². The molecule has 0 radical (unpaired) electrons. The fourth-order valence-electron chi connectivity index (χ4n) is 5.54. The van der Waals surface area contributed by atoms with Crippen molar-refractivity contribution in [3.63, 3.8) is 0 Å². The molecule has 0 amide bonds. The lowest BCUT2D eigenvalue weighted by Gasteiger charge is -2.48. The van der Waals surface area contributed by atoms with Crippen LogP contribution >= 0.6 is 0 Å². The SMILES string of the molecule is COc1cc(C)c2c(c1)C=C[C@@H]1[C@H]2CC[C@]2(C)[C@H](O)CC[C@@H]12. The molecule has 2 saturated carbocycles. The van der Waals surface area contributed by atoms with Crippen molar-refractivity contribution in [3.8, 4) is 5.75 Å². The van der Waals surface area contributed by atoms with Crippen molar-refractivity contribution < 1.29 is 9.84 Å². The Bertz CT molecular complexity index is 633. The summed E-state index contributed by atoms with van der Waals surface area (Å²) in [4.78, 5) is 0. The van der Waals surface area contributed by atoms with Crippen LogP contribution in [0.1, 0.15) is 55.2 Å². The molecule has 5 atom stereocenters. The summed E-state index contributed by atoms with van der Waals surface area (Å²) in [5.74, 6) is 2.80. The van der Waals surface area contributed by atoms with Gasteiger partial charge in [-0.2, -0.15) is 0 Å². The highest BCUT2D eigenvalue weighted by molar-refractivity contribution is 5.63. The monoisotopic (exact) mass is 298 g/mol. The number of aryl methyl sites for hydroxylation is 1. The molecule has 22 heavy (non-hydrogen) atoms. The molecule has 0 aromatic heterocycles. The first-order valence-electron chi connectivity index (χ1n) is 8.59. The lowest BCUT2D eigenvalue weighted by atomic mass is 9.56. The summed E-state index contributed by atoms with van der Waals surface area (Å²) in [5.41, 5.74) is 4.34. The normalized spacial score (nSPS) is 39.1. The number of aliphatic hydroxyl groups excluding tert-OH is 1. The smallest absolute Gasteiger partial charge is 0.119 e. The highest BCUT2D eigenvalue weighted by Crippen LogP contribution is 2.60. The van der Waals surface area contributed by atoms with Crippen LogP contribution in [0.25, 0.3) is 6.08 Å². The van der Waals surface area contributed by atoms with Crippen molar-refractivity contribution in [3.05, 3.63) is 34.9 Å². The topological polar surface area (TPSA) is 29.5 Å². The quantitative estimate of drug-likeness (QED) is 0.837. The zero-order valence-electron chi connectivity index (χ0n) is 13.8.